The van der Waals surface area contributed by atoms with Crippen LogP contribution in [-0.4, -0.2) is 51.5 Å². The molecule has 30 heavy (non-hydrogen) atoms. The van der Waals surface area contributed by atoms with Gasteiger partial charge in [0.2, 0.25) is 11.6 Å². The monoisotopic (exact) mass is 450 g/mol. The molecular weight excluding hydrogens is 428 g/mol. The van der Waals surface area contributed by atoms with Crippen LogP contribution in [0.25, 0.3) is 11.5 Å². The fourth-order valence-corrected chi connectivity index (χ4v) is 4.96. The van der Waals surface area contributed by atoms with Crippen LogP contribution >= 0.6 is 11.8 Å². The first-order valence-corrected chi connectivity index (χ1v) is 11.7. The first-order chi connectivity index (χ1) is 14.5. The van der Waals surface area contributed by atoms with E-state index in [1.165, 1.54) is 33.1 Å². The average molecular weight is 451 g/mol. The summed E-state index contributed by atoms with van der Waals surface area (Å²) in [5, 5.41) is 8.44. The van der Waals surface area contributed by atoms with Crippen molar-refractivity contribution in [1.29, 1.82) is 0 Å². The summed E-state index contributed by atoms with van der Waals surface area (Å²) in [7, 11) is 1.29. The third-order valence-corrected chi connectivity index (χ3v) is 6.92. The molecule has 0 aliphatic carbocycles. The molecule has 0 saturated carbocycles. The third kappa shape index (κ3) is 5.06. The van der Waals surface area contributed by atoms with E-state index in [2.05, 4.69) is 10.2 Å². The molecule has 0 N–H and O–H groups in total. The van der Waals surface area contributed by atoms with Crippen molar-refractivity contribution in [3.8, 4) is 28.7 Å². The van der Waals surface area contributed by atoms with Crippen LogP contribution in [0.3, 0.4) is 0 Å². The van der Waals surface area contributed by atoms with Crippen molar-refractivity contribution in [2.24, 2.45) is 0 Å². The molecule has 160 valence electrons. The fraction of sp³-hybridized carbons (Fsp3) is 0.300. The summed E-state index contributed by atoms with van der Waals surface area (Å²) in [5.41, 5.74) is 0.621. The van der Waals surface area contributed by atoms with Gasteiger partial charge in [-0.1, -0.05) is 30.0 Å². The molecule has 2 aromatic carbocycles. The molecule has 1 heterocycles. The van der Waals surface area contributed by atoms with Crippen LogP contribution in [0, 0.1) is 0 Å². The molecular formula is C20H22N2O6S2. The maximum Gasteiger partial charge on any atom is 0.276 e. The van der Waals surface area contributed by atoms with Gasteiger partial charge in [0, 0.05) is 11.3 Å². The highest BCUT2D eigenvalue weighted by Gasteiger charge is 2.18. The normalized spacial score (nSPS) is 11.3. The van der Waals surface area contributed by atoms with Crippen LogP contribution in [0.4, 0.5) is 0 Å². The summed E-state index contributed by atoms with van der Waals surface area (Å²) in [6, 6.07) is 11.9. The van der Waals surface area contributed by atoms with Gasteiger partial charge in [0.15, 0.2) is 21.3 Å². The first kappa shape index (κ1) is 22.0. The molecule has 0 spiro atoms. The minimum atomic E-state index is -3.29. The lowest BCUT2D eigenvalue weighted by Gasteiger charge is -2.12. The molecule has 3 rings (SSSR count). The Morgan fingerprint density at radius 1 is 0.967 bits per heavy atom. The van der Waals surface area contributed by atoms with Crippen molar-refractivity contribution in [1.82, 2.24) is 10.2 Å². The zero-order chi connectivity index (χ0) is 21.6. The quantitative estimate of drug-likeness (QED) is 0.338. The molecule has 0 radical (unpaired) electrons. The summed E-state index contributed by atoms with van der Waals surface area (Å²) in [6.07, 6.45) is 0.462. The van der Waals surface area contributed by atoms with Crippen LogP contribution in [0.1, 0.15) is 6.42 Å². The summed E-state index contributed by atoms with van der Waals surface area (Å²) >= 11 is 1.31. The van der Waals surface area contributed by atoms with Crippen molar-refractivity contribution in [3.05, 3.63) is 42.5 Å². The van der Waals surface area contributed by atoms with E-state index in [1.54, 1.807) is 42.5 Å². The SMILES string of the molecule is COc1cc(-c2nnc(SCCCS(=O)(=O)c3ccccc3)o2)cc(OC)c1OC. The fourth-order valence-electron chi connectivity index (χ4n) is 2.74. The molecule has 10 heteroatoms. The predicted octanol–water partition coefficient (Wildman–Crippen LogP) is 3.72. The summed E-state index contributed by atoms with van der Waals surface area (Å²) in [5.74, 6) is 2.31. The van der Waals surface area contributed by atoms with Crippen LogP contribution in [0.15, 0.2) is 57.0 Å². The molecule has 3 aromatic rings. The Bertz CT molecular complexity index is 1060. The Balaban J connectivity index is 1.63. The molecule has 1 aromatic heterocycles. The largest absolute Gasteiger partial charge is 0.493 e. The van der Waals surface area contributed by atoms with E-state index >= 15 is 0 Å². The molecule has 0 bridgehead atoms. The molecule has 8 nitrogen and oxygen atoms in total. The Hall–Kier alpha value is -2.72. The highest BCUT2D eigenvalue weighted by molar-refractivity contribution is 7.99. The number of benzene rings is 2. The highest BCUT2D eigenvalue weighted by atomic mass is 32.2. The topological polar surface area (TPSA) is 101 Å². The molecule has 0 aliphatic heterocycles. The maximum absolute atomic E-state index is 12.3. The van der Waals surface area contributed by atoms with Gasteiger partial charge in [-0.25, -0.2) is 8.42 Å². The second-order valence-corrected chi connectivity index (χ2v) is 9.28. The number of nitrogens with zero attached hydrogens (tertiary/aromatic N) is 2. The molecule has 0 aliphatic rings. The highest BCUT2D eigenvalue weighted by Crippen LogP contribution is 2.41. The Labute approximate surface area is 179 Å². The Morgan fingerprint density at radius 3 is 2.23 bits per heavy atom. The van der Waals surface area contributed by atoms with Crippen molar-refractivity contribution < 1.29 is 27.0 Å². The standard InChI is InChI=1S/C20H22N2O6S2/c1-25-16-12-14(13-17(26-2)18(16)27-3)19-21-22-20(28-19)29-10-7-11-30(23,24)15-8-5-4-6-9-15/h4-6,8-9,12-13H,7,10-11H2,1-3H3. The molecule has 0 atom stereocenters. The molecule has 0 saturated heterocycles. The second kappa shape index (κ2) is 9.86. The van der Waals surface area contributed by atoms with E-state index in [9.17, 15) is 8.42 Å². The summed E-state index contributed by atoms with van der Waals surface area (Å²) in [4.78, 5) is 0.331. The number of ether oxygens (including phenoxy) is 3. The minimum absolute atomic E-state index is 0.0535. The van der Waals surface area contributed by atoms with E-state index < -0.39 is 9.84 Å². The van der Waals surface area contributed by atoms with Crippen LogP contribution in [0.2, 0.25) is 0 Å². The van der Waals surface area contributed by atoms with Crippen molar-refractivity contribution in [2.45, 2.75) is 16.5 Å². The van der Waals surface area contributed by atoms with Crippen LogP contribution < -0.4 is 14.2 Å². The van der Waals surface area contributed by atoms with Crippen LogP contribution in [-0.2, 0) is 9.84 Å². The van der Waals surface area contributed by atoms with E-state index in [4.69, 9.17) is 18.6 Å². The van der Waals surface area contributed by atoms with Gasteiger partial charge in [-0.05, 0) is 30.7 Å². The predicted molar refractivity (Wildman–Crippen MR) is 113 cm³/mol. The van der Waals surface area contributed by atoms with Crippen molar-refractivity contribution in [3.63, 3.8) is 0 Å². The molecule has 0 fully saturated rings. The van der Waals surface area contributed by atoms with Gasteiger partial charge in [0.1, 0.15) is 0 Å². The summed E-state index contributed by atoms with van der Waals surface area (Å²) < 4.78 is 46.3. The number of thioether (sulfide) groups is 1. The smallest absolute Gasteiger partial charge is 0.276 e. The third-order valence-electron chi connectivity index (χ3n) is 4.20. The van der Waals surface area contributed by atoms with Crippen LogP contribution in [0.5, 0.6) is 17.2 Å². The first-order valence-electron chi connectivity index (χ1n) is 9.03. The van der Waals surface area contributed by atoms with E-state index in [0.29, 0.717) is 51.0 Å². The average Bonchev–Trinajstić information content (AvgIpc) is 3.25. The Kier molecular flexibility index (Phi) is 7.22. The lowest BCUT2D eigenvalue weighted by atomic mass is 10.2. The Morgan fingerprint density at radius 2 is 1.63 bits per heavy atom. The molecule has 0 amide bonds. The number of sulfone groups is 1. The number of aromatic nitrogens is 2. The van der Waals surface area contributed by atoms with Gasteiger partial charge >= 0.3 is 0 Å². The van der Waals surface area contributed by atoms with Gasteiger partial charge in [-0.3, -0.25) is 0 Å². The van der Waals surface area contributed by atoms with Gasteiger partial charge < -0.3 is 18.6 Å². The zero-order valence-electron chi connectivity index (χ0n) is 16.8. The lowest BCUT2D eigenvalue weighted by molar-refractivity contribution is 0.324. The number of methoxy groups -OCH3 is 3. The van der Waals surface area contributed by atoms with Crippen molar-refractivity contribution in [2.75, 3.05) is 32.8 Å². The number of hydrogen-bond acceptors (Lipinski definition) is 9. The maximum atomic E-state index is 12.3. The lowest BCUT2D eigenvalue weighted by Crippen LogP contribution is -2.07. The second-order valence-electron chi connectivity index (χ2n) is 6.12. The van der Waals surface area contributed by atoms with Gasteiger partial charge in [0.05, 0.1) is 32.0 Å². The van der Waals surface area contributed by atoms with Gasteiger partial charge in [-0.2, -0.15) is 0 Å². The summed E-state index contributed by atoms with van der Waals surface area (Å²) in [6.45, 7) is 0. The van der Waals surface area contributed by atoms with Gasteiger partial charge in [0.25, 0.3) is 5.22 Å². The molecule has 0 unspecified atom stereocenters. The minimum Gasteiger partial charge on any atom is -0.493 e. The number of rotatable bonds is 10. The number of hydrogen-bond donors (Lipinski definition) is 0. The zero-order valence-corrected chi connectivity index (χ0v) is 18.5. The van der Waals surface area contributed by atoms with E-state index in [0.717, 1.165) is 0 Å². The van der Waals surface area contributed by atoms with Gasteiger partial charge in [-0.15, -0.1) is 10.2 Å². The van der Waals surface area contributed by atoms with E-state index in [-0.39, 0.29) is 5.75 Å². The van der Waals surface area contributed by atoms with E-state index in [1.807, 2.05) is 0 Å². The van der Waals surface area contributed by atoms with Crippen molar-refractivity contribution >= 4 is 21.6 Å².